The lowest BCUT2D eigenvalue weighted by Crippen LogP contribution is -2.22. The van der Waals surface area contributed by atoms with Gasteiger partial charge in [-0.1, -0.05) is 82.9 Å². The van der Waals surface area contributed by atoms with Crippen molar-refractivity contribution < 1.29 is 5.11 Å². The smallest absolute Gasteiger partial charge is 0.122 e. The zero-order valence-electron chi connectivity index (χ0n) is 20.1. The molecule has 5 rings (SSSR count). The number of rotatable bonds is 6. The summed E-state index contributed by atoms with van der Waals surface area (Å²) in [5, 5.41) is 15.4. The standard InChI is InChI=1S/C20H22ClN3O.2C4H8/c1-3-24(4-2)13-14-5-7-16(12-20(14)25)23-18-9-10-22-19-11-15(21)6-8-17(18)19;2*1-2-4-3-1/h5-12,25H,3-4,13H2,1-2H3,(H,22,23);2*1-4H2. The van der Waals surface area contributed by atoms with Crippen molar-refractivity contribution in [3.63, 3.8) is 0 Å². The Morgan fingerprint density at radius 3 is 2.06 bits per heavy atom. The lowest BCUT2D eigenvalue weighted by molar-refractivity contribution is 0.291. The van der Waals surface area contributed by atoms with E-state index in [4.69, 9.17) is 11.6 Å². The number of nitrogens with one attached hydrogen (secondary N) is 1. The third-order valence-corrected chi connectivity index (χ3v) is 6.59. The van der Waals surface area contributed by atoms with Gasteiger partial charge in [-0.2, -0.15) is 0 Å². The summed E-state index contributed by atoms with van der Waals surface area (Å²) >= 11 is 6.04. The van der Waals surface area contributed by atoms with Crippen LogP contribution in [0.25, 0.3) is 10.9 Å². The van der Waals surface area contributed by atoms with Crippen LogP contribution >= 0.6 is 11.6 Å². The van der Waals surface area contributed by atoms with Crippen molar-refractivity contribution in [2.75, 3.05) is 18.4 Å². The van der Waals surface area contributed by atoms with Crippen molar-refractivity contribution >= 4 is 33.9 Å². The molecule has 2 fully saturated rings. The molecule has 33 heavy (non-hydrogen) atoms. The molecule has 1 heterocycles. The molecule has 178 valence electrons. The minimum atomic E-state index is 0.304. The summed E-state index contributed by atoms with van der Waals surface area (Å²) < 4.78 is 0. The number of aromatic nitrogens is 1. The number of fused-ring (bicyclic) bond motifs is 1. The number of pyridine rings is 1. The second-order valence-electron chi connectivity index (χ2n) is 8.78. The van der Waals surface area contributed by atoms with Crippen molar-refractivity contribution in [2.45, 2.75) is 71.8 Å². The molecule has 1 aromatic heterocycles. The molecule has 0 unspecified atom stereocenters. The van der Waals surface area contributed by atoms with Gasteiger partial charge in [-0.05, 0) is 43.4 Å². The molecule has 2 aromatic carbocycles. The van der Waals surface area contributed by atoms with Gasteiger partial charge in [-0.25, -0.2) is 0 Å². The van der Waals surface area contributed by atoms with Crippen LogP contribution in [-0.2, 0) is 6.54 Å². The number of hydrogen-bond acceptors (Lipinski definition) is 4. The van der Waals surface area contributed by atoms with Gasteiger partial charge in [0.15, 0.2) is 0 Å². The van der Waals surface area contributed by atoms with Crippen LogP contribution in [0, 0.1) is 0 Å². The highest BCUT2D eigenvalue weighted by Gasteiger charge is 2.08. The number of nitrogens with zero attached hydrogens (tertiary/aromatic N) is 2. The van der Waals surface area contributed by atoms with Crippen LogP contribution in [0.5, 0.6) is 5.75 Å². The summed E-state index contributed by atoms with van der Waals surface area (Å²) in [6, 6.07) is 13.3. The van der Waals surface area contributed by atoms with Crippen molar-refractivity contribution in [3.8, 4) is 5.75 Å². The van der Waals surface area contributed by atoms with Gasteiger partial charge in [0, 0.05) is 46.2 Å². The fourth-order valence-electron chi connectivity index (χ4n) is 3.35. The highest BCUT2D eigenvalue weighted by Crippen LogP contribution is 2.30. The molecule has 0 atom stereocenters. The molecule has 5 heteroatoms. The highest BCUT2D eigenvalue weighted by molar-refractivity contribution is 6.31. The maximum Gasteiger partial charge on any atom is 0.122 e. The van der Waals surface area contributed by atoms with E-state index >= 15 is 0 Å². The van der Waals surface area contributed by atoms with E-state index in [0.29, 0.717) is 10.8 Å². The average molecular weight is 468 g/mol. The van der Waals surface area contributed by atoms with E-state index < -0.39 is 0 Å². The van der Waals surface area contributed by atoms with Gasteiger partial charge in [-0.3, -0.25) is 9.88 Å². The largest absolute Gasteiger partial charge is 0.508 e. The Bertz CT molecular complexity index is 980. The predicted octanol–water partition coefficient (Wildman–Crippen LogP) is 8.30. The van der Waals surface area contributed by atoms with E-state index in [-0.39, 0.29) is 0 Å². The Morgan fingerprint density at radius 1 is 0.879 bits per heavy atom. The molecule has 0 aliphatic heterocycles. The molecule has 2 aliphatic carbocycles. The Hall–Kier alpha value is -2.30. The van der Waals surface area contributed by atoms with Crippen LogP contribution < -0.4 is 5.32 Å². The number of anilines is 2. The van der Waals surface area contributed by atoms with Gasteiger partial charge in [0.05, 0.1) is 5.52 Å². The van der Waals surface area contributed by atoms with Crippen LogP contribution in [0.4, 0.5) is 11.4 Å². The first kappa shape index (κ1) is 25.3. The molecule has 0 saturated heterocycles. The van der Waals surface area contributed by atoms with E-state index in [0.717, 1.165) is 47.5 Å². The topological polar surface area (TPSA) is 48.4 Å². The quantitative estimate of drug-likeness (QED) is 0.382. The molecule has 0 bridgehead atoms. The number of phenols is 1. The summed E-state index contributed by atoms with van der Waals surface area (Å²) in [5.74, 6) is 0.304. The van der Waals surface area contributed by atoms with Gasteiger partial charge in [0.2, 0.25) is 0 Å². The van der Waals surface area contributed by atoms with Crippen LogP contribution in [0.15, 0.2) is 48.7 Å². The number of aromatic hydroxyl groups is 1. The average Bonchev–Trinajstić information content (AvgIpc) is 2.71. The molecule has 4 nitrogen and oxygen atoms in total. The van der Waals surface area contributed by atoms with Gasteiger partial charge in [-0.15, -0.1) is 0 Å². The first-order valence-corrected chi connectivity index (χ1v) is 12.8. The second kappa shape index (κ2) is 13.4. The highest BCUT2D eigenvalue weighted by atomic mass is 35.5. The van der Waals surface area contributed by atoms with Gasteiger partial charge < -0.3 is 10.4 Å². The maximum absolute atomic E-state index is 10.4. The Kier molecular flexibility index (Phi) is 10.3. The van der Waals surface area contributed by atoms with Gasteiger partial charge >= 0.3 is 0 Å². The third kappa shape index (κ3) is 7.90. The normalized spacial score (nSPS) is 14.3. The van der Waals surface area contributed by atoms with E-state index in [1.807, 2.05) is 36.4 Å². The van der Waals surface area contributed by atoms with Crippen LogP contribution in [0.2, 0.25) is 5.02 Å². The number of halogens is 1. The Balaban J connectivity index is 0.000000319. The van der Waals surface area contributed by atoms with Gasteiger partial charge in [0.1, 0.15) is 5.75 Å². The number of benzene rings is 2. The SMILES string of the molecule is C1CCC1.C1CCC1.CCN(CC)Cc1ccc(Nc2ccnc3cc(Cl)ccc23)cc1O. The second-order valence-corrected chi connectivity index (χ2v) is 9.21. The molecular weight excluding hydrogens is 430 g/mol. The van der Waals surface area contributed by atoms with Crippen molar-refractivity contribution in [1.29, 1.82) is 0 Å². The summed E-state index contributed by atoms with van der Waals surface area (Å²) in [6.07, 6.45) is 13.7. The van der Waals surface area contributed by atoms with Crippen LogP contribution in [-0.4, -0.2) is 28.1 Å². The van der Waals surface area contributed by atoms with E-state index in [1.165, 1.54) is 51.4 Å². The fraction of sp³-hybridized carbons (Fsp3) is 0.464. The summed E-state index contributed by atoms with van der Waals surface area (Å²) in [5.41, 5.74) is 3.53. The third-order valence-electron chi connectivity index (χ3n) is 6.36. The summed E-state index contributed by atoms with van der Waals surface area (Å²) in [7, 11) is 0. The maximum atomic E-state index is 10.4. The molecule has 0 spiro atoms. The zero-order valence-corrected chi connectivity index (χ0v) is 20.9. The minimum Gasteiger partial charge on any atom is -0.508 e. The van der Waals surface area contributed by atoms with Crippen molar-refractivity contribution in [3.05, 3.63) is 59.2 Å². The first-order chi connectivity index (χ1) is 16.1. The first-order valence-electron chi connectivity index (χ1n) is 12.5. The molecule has 2 saturated carbocycles. The van der Waals surface area contributed by atoms with E-state index in [9.17, 15) is 5.11 Å². The Labute approximate surface area is 204 Å². The van der Waals surface area contributed by atoms with Gasteiger partial charge in [0.25, 0.3) is 0 Å². The minimum absolute atomic E-state index is 0.304. The fourth-order valence-corrected chi connectivity index (χ4v) is 3.52. The zero-order chi connectivity index (χ0) is 23.5. The predicted molar refractivity (Wildman–Crippen MR) is 142 cm³/mol. The number of phenolic OH excluding ortho intramolecular Hbond substituents is 1. The van der Waals surface area contributed by atoms with Crippen LogP contribution in [0.3, 0.4) is 0 Å². The molecule has 0 radical (unpaired) electrons. The van der Waals surface area contributed by atoms with Crippen LogP contribution in [0.1, 0.15) is 70.8 Å². The molecule has 2 N–H and O–H groups in total. The van der Waals surface area contributed by atoms with Crippen molar-refractivity contribution in [2.24, 2.45) is 0 Å². The lowest BCUT2D eigenvalue weighted by Gasteiger charge is -2.19. The monoisotopic (exact) mass is 467 g/mol. The molecule has 0 amide bonds. The Morgan fingerprint density at radius 2 is 1.52 bits per heavy atom. The summed E-state index contributed by atoms with van der Waals surface area (Å²) in [4.78, 5) is 6.61. The van der Waals surface area contributed by atoms with E-state index in [2.05, 4.69) is 29.0 Å². The molecule has 2 aliphatic rings. The molecular formula is C28H38ClN3O. The number of hydrogen-bond donors (Lipinski definition) is 2. The lowest BCUT2D eigenvalue weighted by atomic mass is 10.0. The molecule has 3 aromatic rings. The summed E-state index contributed by atoms with van der Waals surface area (Å²) in [6.45, 7) is 6.91. The van der Waals surface area contributed by atoms with E-state index in [1.54, 1.807) is 12.3 Å². The van der Waals surface area contributed by atoms with Crippen molar-refractivity contribution in [1.82, 2.24) is 9.88 Å².